The number of nitrogens with zero attached hydrogens (tertiary/aromatic N) is 2. The van der Waals surface area contributed by atoms with Gasteiger partial charge < -0.3 is 10.2 Å². The molecular weight excluding hydrogens is 284 g/mol. The number of hydrogen-bond acceptors (Lipinski definition) is 1. The van der Waals surface area contributed by atoms with Crippen molar-refractivity contribution < 1.29 is 8.78 Å². The second-order valence-electron chi connectivity index (χ2n) is 6.53. The van der Waals surface area contributed by atoms with Crippen LogP contribution in [0.5, 0.6) is 0 Å². The summed E-state index contributed by atoms with van der Waals surface area (Å²) in [5.41, 5.74) is 1.20. The maximum atomic E-state index is 13.2. The number of guanidine groups is 1. The fourth-order valence-electron chi connectivity index (χ4n) is 3.61. The number of aliphatic imine (C=N–C) groups is 1. The Kier molecular flexibility index (Phi) is 4.32. The lowest BCUT2D eigenvalue weighted by atomic mass is 9.68. The summed E-state index contributed by atoms with van der Waals surface area (Å²) in [6.45, 7) is 2.76. The lowest BCUT2D eigenvalue weighted by Crippen LogP contribution is -2.43. The fourth-order valence-corrected chi connectivity index (χ4v) is 3.61. The van der Waals surface area contributed by atoms with Crippen molar-refractivity contribution in [2.24, 2.45) is 10.4 Å². The molecule has 1 N–H and O–H groups in total. The van der Waals surface area contributed by atoms with Crippen LogP contribution < -0.4 is 5.32 Å². The highest BCUT2D eigenvalue weighted by atomic mass is 19.1. The Labute approximate surface area is 130 Å². The van der Waals surface area contributed by atoms with Crippen LogP contribution in [0.15, 0.2) is 23.2 Å². The summed E-state index contributed by atoms with van der Waals surface area (Å²) < 4.78 is 26.3. The summed E-state index contributed by atoms with van der Waals surface area (Å²) in [6, 6.07) is 3.66. The Bertz CT molecular complexity index is 547. The molecule has 1 saturated carbocycles. The Balaban J connectivity index is 1.51. The van der Waals surface area contributed by atoms with E-state index in [2.05, 4.69) is 15.2 Å². The zero-order valence-electron chi connectivity index (χ0n) is 13.0. The van der Waals surface area contributed by atoms with Gasteiger partial charge in [0.15, 0.2) is 5.96 Å². The topological polar surface area (TPSA) is 27.6 Å². The summed E-state index contributed by atoms with van der Waals surface area (Å²) in [6.07, 6.45) is 5.85. The zero-order valence-corrected chi connectivity index (χ0v) is 13.0. The van der Waals surface area contributed by atoms with E-state index in [9.17, 15) is 8.78 Å². The molecule has 120 valence electrons. The molecule has 0 bridgehead atoms. The zero-order chi connectivity index (χ0) is 15.6. The van der Waals surface area contributed by atoms with E-state index in [-0.39, 0.29) is 0 Å². The van der Waals surface area contributed by atoms with Crippen molar-refractivity contribution in [1.29, 1.82) is 0 Å². The van der Waals surface area contributed by atoms with Crippen LogP contribution in [0.4, 0.5) is 8.78 Å². The number of hydrogen-bond donors (Lipinski definition) is 1. The highest BCUT2D eigenvalue weighted by Crippen LogP contribution is 2.47. The maximum Gasteiger partial charge on any atom is 0.193 e. The summed E-state index contributed by atoms with van der Waals surface area (Å²) >= 11 is 0. The van der Waals surface area contributed by atoms with Gasteiger partial charge in [0.05, 0.1) is 0 Å². The third-order valence-corrected chi connectivity index (χ3v) is 4.98. The molecule has 0 atom stereocenters. The standard InChI is InChI=1S/C17H23F2N3/c1-20-16(22-8-6-17(12-22)4-2-5-17)21-7-3-13-9-14(18)11-15(19)10-13/h9-11H,2-8,12H2,1H3,(H,20,21). The highest BCUT2D eigenvalue weighted by molar-refractivity contribution is 5.80. The summed E-state index contributed by atoms with van der Waals surface area (Å²) in [5.74, 6) is -0.141. The van der Waals surface area contributed by atoms with E-state index in [0.717, 1.165) is 25.1 Å². The van der Waals surface area contributed by atoms with Gasteiger partial charge in [0.2, 0.25) is 0 Å². The molecule has 1 heterocycles. The molecule has 22 heavy (non-hydrogen) atoms. The van der Waals surface area contributed by atoms with Gasteiger partial charge in [-0.2, -0.15) is 0 Å². The third kappa shape index (κ3) is 3.23. The van der Waals surface area contributed by atoms with Crippen LogP contribution in [0, 0.1) is 17.0 Å². The maximum absolute atomic E-state index is 13.2. The summed E-state index contributed by atoms with van der Waals surface area (Å²) in [5, 5.41) is 3.32. The molecule has 1 aliphatic heterocycles. The minimum absolute atomic E-state index is 0.522. The van der Waals surface area contributed by atoms with Crippen LogP contribution in [0.25, 0.3) is 0 Å². The highest BCUT2D eigenvalue weighted by Gasteiger charge is 2.43. The van der Waals surface area contributed by atoms with Gasteiger partial charge in [-0.3, -0.25) is 4.99 Å². The third-order valence-electron chi connectivity index (χ3n) is 4.98. The van der Waals surface area contributed by atoms with Crippen LogP contribution in [0.2, 0.25) is 0 Å². The van der Waals surface area contributed by atoms with Crippen LogP contribution >= 0.6 is 0 Å². The second-order valence-corrected chi connectivity index (χ2v) is 6.53. The van der Waals surface area contributed by atoms with E-state index in [1.807, 2.05) is 0 Å². The average molecular weight is 307 g/mol. The molecule has 1 aromatic carbocycles. The Morgan fingerprint density at radius 3 is 2.50 bits per heavy atom. The van der Waals surface area contributed by atoms with E-state index in [1.165, 1.54) is 37.8 Å². The summed E-state index contributed by atoms with van der Waals surface area (Å²) in [4.78, 5) is 6.65. The number of benzene rings is 1. The van der Waals surface area contributed by atoms with Crippen molar-refractivity contribution >= 4 is 5.96 Å². The molecule has 1 saturated heterocycles. The predicted octanol–water partition coefficient (Wildman–Crippen LogP) is 2.96. The summed E-state index contributed by atoms with van der Waals surface area (Å²) in [7, 11) is 1.79. The van der Waals surface area contributed by atoms with Crippen LogP contribution in [0.1, 0.15) is 31.2 Å². The molecule has 1 aromatic rings. The van der Waals surface area contributed by atoms with Crippen molar-refractivity contribution in [1.82, 2.24) is 10.2 Å². The molecule has 3 nitrogen and oxygen atoms in total. The number of halogens is 2. The monoisotopic (exact) mass is 307 g/mol. The van der Waals surface area contributed by atoms with Crippen molar-refractivity contribution in [3.63, 3.8) is 0 Å². The van der Waals surface area contributed by atoms with E-state index < -0.39 is 11.6 Å². The molecule has 2 aliphatic rings. The minimum atomic E-state index is -0.522. The van der Waals surface area contributed by atoms with E-state index >= 15 is 0 Å². The lowest BCUT2D eigenvalue weighted by molar-refractivity contribution is 0.151. The van der Waals surface area contributed by atoms with Crippen molar-refractivity contribution in [3.05, 3.63) is 35.4 Å². The molecule has 2 fully saturated rings. The van der Waals surface area contributed by atoms with Gasteiger partial charge in [-0.25, -0.2) is 8.78 Å². The molecule has 0 aromatic heterocycles. The van der Waals surface area contributed by atoms with Crippen LogP contribution in [-0.4, -0.2) is 37.5 Å². The minimum Gasteiger partial charge on any atom is -0.356 e. The molecule has 0 unspecified atom stereocenters. The molecule has 0 amide bonds. The number of likely N-dealkylation sites (tertiary alicyclic amines) is 1. The van der Waals surface area contributed by atoms with Gasteiger partial charge in [-0.05, 0) is 48.8 Å². The predicted molar refractivity (Wildman–Crippen MR) is 83.9 cm³/mol. The van der Waals surface area contributed by atoms with E-state index in [0.29, 0.717) is 23.9 Å². The first-order valence-corrected chi connectivity index (χ1v) is 8.01. The van der Waals surface area contributed by atoms with Crippen LogP contribution in [-0.2, 0) is 6.42 Å². The first-order chi connectivity index (χ1) is 10.6. The molecular formula is C17H23F2N3. The van der Waals surface area contributed by atoms with Crippen molar-refractivity contribution in [2.75, 3.05) is 26.7 Å². The van der Waals surface area contributed by atoms with Gasteiger partial charge in [-0.15, -0.1) is 0 Å². The molecule has 5 heteroatoms. The van der Waals surface area contributed by atoms with Gasteiger partial charge in [0, 0.05) is 32.7 Å². The van der Waals surface area contributed by atoms with Crippen molar-refractivity contribution in [2.45, 2.75) is 32.1 Å². The SMILES string of the molecule is CN=C(NCCc1cc(F)cc(F)c1)N1CCC2(CCC2)C1. The van der Waals surface area contributed by atoms with E-state index in [4.69, 9.17) is 0 Å². The molecule has 1 aliphatic carbocycles. The quantitative estimate of drug-likeness (QED) is 0.687. The van der Waals surface area contributed by atoms with Gasteiger partial charge in [-0.1, -0.05) is 6.42 Å². The largest absolute Gasteiger partial charge is 0.356 e. The van der Waals surface area contributed by atoms with E-state index in [1.54, 1.807) is 7.05 Å². The van der Waals surface area contributed by atoms with Gasteiger partial charge >= 0.3 is 0 Å². The normalized spacial score (nSPS) is 20.3. The van der Waals surface area contributed by atoms with Gasteiger partial charge in [0.25, 0.3) is 0 Å². The number of rotatable bonds is 3. The average Bonchev–Trinajstić information content (AvgIpc) is 2.88. The molecule has 1 spiro atoms. The first-order valence-electron chi connectivity index (χ1n) is 8.01. The first kappa shape index (κ1) is 15.3. The molecule has 3 rings (SSSR count). The number of nitrogens with one attached hydrogen (secondary N) is 1. The Morgan fingerprint density at radius 2 is 1.95 bits per heavy atom. The second kappa shape index (κ2) is 6.23. The Morgan fingerprint density at radius 1 is 1.23 bits per heavy atom. The fraction of sp³-hybridized carbons (Fsp3) is 0.588. The Hall–Kier alpha value is -1.65. The van der Waals surface area contributed by atoms with Crippen LogP contribution in [0.3, 0.4) is 0 Å². The lowest BCUT2D eigenvalue weighted by Gasteiger charge is -2.38. The smallest absolute Gasteiger partial charge is 0.193 e. The van der Waals surface area contributed by atoms with Gasteiger partial charge in [0.1, 0.15) is 11.6 Å². The van der Waals surface area contributed by atoms with Crippen molar-refractivity contribution in [3.8, 4) is 0 Å². The molecule has 0 radical (unpaired) electrons.